The molecule has 0 bridgehead atoms. The molecule has 1 aliphatic rings. The number of nitrogens with zero attached hydrogens (tertiary/aromatic N) is 1. The summed E-state index contributed by atoms with van der Waals surface area (Å²) in [7, 11) is 0. The highest BCUT2D eigenvalue weighted by Crippen LogP contribution is 2.24. The van der Waals surface area contributed by atoms with Gasteiger partial charge in [0.1, 0.15) is 0 Å². The molecule has 30 heavy (non-hydrogen) atoms. The molecule has 2 atom stereocenters. The third-order valence-electron chi connectivity index (χ3n) is 5.54. The van der Waals surface area contributed by atoms with Crippen molar-refractivity contribution in [3.8, 4) is 11.1 Å². The van der Waals surface area contributed by atoms with Gasteiger partial charge in [-0.25, -0.2) is 0 Å². The van der Waals surface area contributed by atoms with Gasteiger partial charge in [0.25, 0.3) is 0 Å². The first-order chi connectivity index (χ1) is 14.6. The molecule has 0 radical (unpaired) electrons. The van der Waals surface area contributed by atoms with E-state index < -0.39 is 6.10 Å². The molecule has 1 fully saturated rings. The Labute approximate surface area is 182 Å². The zero-order valence-electron chi connectivity index (χ0n) is 16.7. The van der Waals surface area contributed by atoms with Crippen molar-refractivity contribution in [3.05, 3.63) is 95.0 Å². The summed E-state index contributed by atoms with van der Waals surface area (Å²) in [4.78, 5) is 14.8. The number of aliphatic hydroxyl groups excluding tert-OH is 1. The number of halogens is 1. The van der Waals surface area contributed by atoms with E-state index in [1.807, 2.05) is 59.5 Å². The minimum absolute atomic E-state index is 0.0641. The average molecular weight is 421 g/mol. The van der Waals surface area contributed by atoms with Crippen molar-refractivity contribution in [3.63, 3.8) is 0 Å². The van der Waals surface area contributed by atoms with Crippen LogP contribution < -0.4 is 5.32 Å². The molecular weight excluding hydrogens is 396 g/mol. The molecule has 3 aromatic rings. The van der Waals surface area contributed by atoms with Crippen LogP contribution in [0.3, 0.4) is 0 Å². The third kappa shape index (κ3) is 4.90. The van der Waals surface area contributed by atoms with Gasteiger partial charge in [0.05, 0.1) is 12.1 Å². The lowest BCUT2D eigenvalue weighted by Crippen LogP contribution is -2.42. The van der Waals surface area contributed by atoms with E-state index in [-0.39, 0.29) is 11.9 Å². The van der Waals surface area contributed by atoms with Crippen molar-refractivity contribution >= 4 is 17.5 Å². The summed E-state index contributed by atoms with van der Waals surface area (Å²) >= 11 is 6.27. The van der Waals surface area contributed by atoms with Gasteiger partial charge < -0.3 is 10.4 Å². The first-order valence-corrected chi connectivity index (χ1v) is 10.6. The first-order valence-electron chi connectivity index (χ1n) is 10.2. The maximum Gasteiger partial charge on any atom is 0.237 e. The van der Waals surface area contributed by atoms with E-state index in [2.05, 4.69) is 29.6 Å². The molecule has 0 aromatic heterocycles. The summed E-state index contributed by atoms with van der Waals surface area (Å²) in [6.45, 7) is 1.47. The van der Waals surface area contributed by atoms with E-state index in [1.54, 1.807) is 0 Å². The topological polar surface area (TPSA) is 52.6 Å². The van der Waals surface area contributed by atoms with Crippen molar-refractivity contribution in [2.24, 2.45) is 0 Å². The van der Waals surface area contributed by atoms with Crippen LogP contribution in [0.15, 0.2) is 78.9 Å². The zero-order chi connectivity index (χ0) is 20.9. The second-order valence-corrected chi connectivity index (χ2v) is 8.11. The highest BCUT2D eigenvalue weighted by atomic mass is 35.5. The summed E-state index contributed by atoms with van der Waals surface area (Å²) in [5.74, 6) is -0.0641. The number of amides is 1. The minimum Gasteiger partial charge on any atom is -0.392 e. The quantitative estimate of drug-likeness (QED) is 0.626. The van der Waals surface area contributed by atoms with Crippen molar-refractivity contribution in [2.45, 2.75) is 31.7 Å². The van der Waals surface area contributed by atoms with Gasteiger partial charge in [-0.2, -0.15) is 0 Å². The normalized spacial score (nSPS) is 19.0. The smallest absolute Gasteiger partial charge is 0.237 e. The largest absolute Gasteiger partial charge is 0.392 e. The van der Waals surface area contributed by atoms with Crippen LogP contribution in [-0.2, 0) is 17.9 Å². The number of carbonyl (C=O) groups is 1. The molecule has 0 aliphatic carbocycles. The number of rotatable bonds is 6. The maximum absolute atomic E-state index is 12.8. The van der Waals surface area contributed by atoms with Crippen molar-refractivity contribution in [2.75, 3.05) is 6.54 Å². The summed E-state index contributed by atoms with van der Waals surface area (Å²) in [5, 5.41) is 13.8. The Morgan fingerprint density at radius 2 is 1.63 bits per heavy atom. The fourth-order valence-electron chi connectivity index (χ4n) is 3.92. The molecule has 1 aliphatic heterocycles. The van der Waals surface area contributed by atoms with Gasteiger partial charge in [-0.1, -0.05) is 84.4 Å². The van der Waals surface area contributed by atoms with E-state index in [9.17, 15) is 9.90 Å². The zero-order valence-corrected chi connectivity index (χ0v) is 17.4. The Bertz CT molecular complexity index is 992. The number of hydrogen-bond acceptors (Lipinski definition) is 3. The fraction of sp³-hybridized carbons (Fsp3) is 0.240. The molecule has 154 valence electrons. The SMILES string of the molecule is O=C(NCc1ccc(-c2ccccc2)cc1)[C@@H]1C[C@H](O)CN1Cc1ccccc1Cl. The number of hydrogen-bond donors (Lipinski definition) is 2. The van der Waals surface area contributed by atoms with Crippen molar-refractivity contribution in [1.82, 2.24) is 10.2 Å². The Kier molecular flexibility index (Phi) is 6.48. The van der Waals surface area contributed by atoms with Crippen molar-refractivity contribution in [1.29, 1.82) is 0 Å². The van der Waals surface area contributed by atoms with Gasteiger partial charge in [0, 0.05) is 24.7 Å². The molecule has 0 unspecified atom stereocenters. The van der Waals surface area contributed by atoms with Crippen LogP contribution in [0.25, 0.3) is 11.1 Å². The van der Waals surface area contributed by atoms with Crippen LogP contribution in [0, 0.1) is 0 Å². The third-order valence-corrected chi connectivity index (χ3v) is 5.91. The number of aliphatic hydroxyl groups is 1. The molecule has 0 saturated carbocycles. The Morgan fingerprint density at radius 1 is 0.967 bits per heavy atom. The molecular formula is C25H25ClN2O2. The van der Waals surface area contributed by atoms with E-state index in [0.29, 0.717) is 31.1 Å². The lowest BCUT2D eigenvalue weighted by atomic mass is 10.0. The van der Waals surface area contributed by atoms with Crippen LogP contribution in [0.1, 0.15) is 17.5 Å². The van der Waals surface area contributed by atoms with Crippen LogP contribution >= 0.6 is 11.6 Å². The minimum atomic E-state index is -0.506. The maximum atomic E-state index is 12.8. The van der Waals surface area contributed by atoms with E-state index in [0.717, 1.165) is 16.7 Å². The molecule has 0 spiro atoms. The van der Waals surface area contributed by atoms with Gasteiger partial charge in [0.15, 0.2) is 0 Å². The summed E-state index contributed by atoms with van der Waals surface area (Å²) in [6.07, 6.45) is -0.0724. The Morgan fingerprint density at radius 3 is 2.37 bits per heavy atom. The molecule has 3 aromatic carbocycles. The molecule has 1 amide bonds. The highest BCUT2D eigenvalue weighted by molar-refractivity contribution is 6.31. The summed E-state index contributed by atoms with van der Waals surface area (Å²) < 4.78 is 0. The van der Waals surface area contributed by atoms with E-state index >= 15 is 0 Å². The Balaban J connectivity index is 1.37. The summed E-state index contributed by atoms with van der Waals surface area (Å²) in [5.41, 5.74) is 4.32. The van der Waals surface area contributed by atoms with E-state index in [1.165, 1.54) is 5.56 Å². The molecule has 4 nitrogen and oxygen atoms in total. The van der Waals surface area contributed by atoms with Crippen LogP contribution in [0.2, 0.25) is 5.02 Å². The molecule has 4 rings (SSSR count). The highest BCUT2D eigenvalue weighted by Gasteiger charge is 2.35. The van der Waals surface area contributed by atoms with Gasteiger partial charge in [-0.3, -0.25) is 9.69 Å². The monoisotopic (exact) mass is 420 g/mol. The predicted octanol–water partition coefficient (Wildman–Crippen LogP) is 4.26. The van der Waals surface area contributed by atoms with Gasteiger partial charge in [0.2, 0.25) is 5.91 Å². The fourth-order valence-corrected chi connectivity index (χ4v) is 4.12. The molecule has 2 N–H and O–H groups in total. The standard InChI is InChI=1S/C25H25ClN2O2/c26-23-9-5-4-8-21(23)16-28-17-22(29)14-24(28)25(30)27-15-18-10-12-20(13-11-18)19-6-2-1-3-7-19/h1-13,22,24,29H,14-17H2,(H,27,30)/t22-,24-/m0/s1. The number of β-amino-alcohol motifs (C(OH)–C–C–N with tert-alkyl or cyclic N) is 1. The average Bonchev–Trinajstić information content (AvgIpc) is 3.15. The lowest BCUT2D eigenvalue weighted by molar-refractivity contribution is -0.125. The van der Waals surface area contributed by atoms with Crippen LogP contribution in [-0.4, -0.2) is 34.6 Å². The number of likely N-dealkylation sites (tertiary alicyclic amines) is 1. The predicted molar refractivity (Wildman–Crippen MR) is 120 cm³/mol. The first kappa shape index (κ1) is 20.6. The molecule has 5 heteroatoms. The number of benzene rings is 3. The Hall–Kier alpha value is -2.66. The molecule has 1 heterocycles. The van der Waals surface area contributed by atoms with Crippen LogP contribution in [0.5, 0.6) is 0 Å². The van der Waals surface area contributed by atoms with Gasteiger partial charge in [-0.15, -0.1) is 0 Å². The molecule has 1 saturated heterocycles. The summed E-state index contributed by atoms with van der Waals surface area (Å²) in [6, 6.07) is 25.7. The number of carbonyl (C=O) groups excluding carboxylic acids is 1. The second-order valence-electron chi connectivity index (χ2n) is 7.71. The van der Waals surface area contributed by atoms with Crippen LogP contribution in [0.4, 0.5) is 0 Å². The second kappa shape index (κ2) is 9.43. The lowest BCUT2D eigenvalue weighted by Gasteiger charge is -2.24. The van der Waals surface area contributed by atoms with E-state index in [4.69, 9.17) is 11.6 Å². The van der Waals surface area contributed by atoms with Gasteiger partial charge >= 0.3 is 0 Å². The van der Waals surface area contributed by atoms with Crippen molar-refractivity contribution < 1.29 is 9.90 Å². The number of nitrogens with one attached hydrogen (secondary N) is 1. The van der Waals surface area contributed by atoms with Gasteiger partial charge in [-0.05, 0) is 34.7 Å².